The van der Waals surface area contributed by atoms with E-state index in [4.69, 9.17) is 0 Å². The molecule has 1 nitrogen and oxygen atoms in total. The van der Waals surface area contributed by atoms with Gasteiger partial charge in [-0.05, 0) is 6.42 Å². The Balaban J connectivity index is 2.72. The maximum atomic E-state index is 11.1. The highest BCUT2D eigenvalue weighted by Crippen LogP contribution is 1.96. The van der Waals surface area contributed by atoms with Crippen LogP contribution in [0.25, 0.3) is 0 Å². The Hall–Kier alpha value is -0.180. The van der Waals surface area contributed by atoms with Gasteiger partial charge in [0, 0.05) is 0 Å². The van der Waals surface area contributed by atoms with Crippen molar-refractivity contribution in [1.82, 2.24) is 0 Å². The second-order valence-electron chi connectivity index (χ2n) is 1.48. The van der Waals surface area contributed by atoms with Crippen LogP contribution < -0.4 is 0 Å². The van der Waals surface area contributed by atoms with Gasteiger partial charge < -0.3 is 4.74 Å². The molecule has 0 N–H and O–H groups in total. The molecule has 3 heteroatoms. The molecule has 0 aliphatic carbocycles. The van der Waals surface area contributed by atoms with Crippen molar-refractivity contribution in [2.45, 2.75) is 26.4 Å². The van der Waals surface area contributed by atoms with Crippen molar-refractivity contribution in [3.63, 3.8) is 0 Å². The number of halogens is 2. The lowest BCUT2D eigenvalue weighted by Gasteiger charge is -1.97. The normalized spacial score (nSPS) is 10.5. The molecule has 0 aliphatic heterocycles. The van der Waals surface area contributed by atoms with Crippen molar-refractivity contribution in [3.8, 4) is 0 Å². The van der Waals surface area contributed by atoms with Gasteiger partial charge in [0.25, 0.3) is 0 Å². The molecular formula is C5H10F2O. The van der Waals surface area contributed by atoms with Gasteiger partial charge in [0.2, 0.25) is 0 Å². The summed E-state index contributed by atoms with van der Waals surface area (Å²) >= 11 is 0. The molecule has 0 saturated carbocycles. The third-order valence-corrected chi connectivity index (χ3v) is 0.742. The zero-order valence-electron chi connectivity index (χ0n) is 4.86. The summed E-state index contributed by atoms with van der Waals surface area (Å²) in [7, 11) is 0. The SMILES string of the molecule is CCCCOC(F)F. The van der Waals surface area contributed by atoms with Crippen molar-refractivity contribution in [2.24, 2.45) is 0 Å². The Labute approximate surface area is 47.6 Å². The Morgan fingerprint density at radius 1 is 1.50 bits per heavy atom. The van der Waals surface area contributed by atoms with Gasteiger partial charge in [-0.3, -0.25) is 0 Å². The summed E-state index contributed by atoms with van der Waals surface area (Å²) < 4.78 is 26.2. The highest BCUT2D eigenvalue weighted by molar-refractivity contribution is 4.28. The number of hydrogen-bond donors (Lipinski definition) is 0. The molecule has 50 valence electrons. The van der Waals surface area contributed by atoms with Crippen LogP contribution in [-0.4, -0.2) is 13.2 Å². The Kier molecular flexibility index (Phi) is 4.85. The third kappa shape index (κ3) is 5.82. The minimum atomic E-state index is -2.60. The zero-order valence-corrected chi connectivity index (χ0v) is 4.86. The largest absolute Gasteiger partial charge is 0.345 e. The van der Waals surface area contributed by atoms with E-state index in [1.807, 2.05) is 6.92 Å². The molecular weight excluding hydrogens is 114 g/mol. The lowest BCUT2D eigenvalue weighted by atomic mass is 10.4. The monoisotopic (exact) mass is 124 g/mol. The molecule has 0 saturated heterocycles. The molecule has 0 aromatic rings. The molecule has 0 spiro atoms. The topological polar surface area (TPSA) is 9.23 Å². The predicted molar refractivity (Wildman–Crippen MR) is 26.9 cm³/mol. The molecule has 0 aromatic heterocycles. The van der Waals surface area contributed by atoms with Crippen LogP contribution in [-0.2, 0) is 4.74 Å². The van der Waals surface area contributed by atoms with Gasteiger partial charge in [-0.25, -0.2) is 0 Å². The van der Waals surface area contributed by atoms with Crippen molar-refractivity contribution in [1.29, 1.82) is 0 Å². The molecule has 8 heavy (non-hydrogen) atoms. The summed E-state index contributed by atoms with van der Waals surface area (Å²) in [6.07, 6.45) is 1.61. The third-order valence-electron chi connectivity index (χ3n) is 0.742. The van der Waals surface area contributed by atoms with E-state index in [-0.39, 0.29) is 6.61 Å². The first kappa shape index (κ1) is 7.82. The number of hydrogen-bond acceptors (Lipinski definition) is 1. The molecule has 0 radical (unpaired) electrons. The van der Waals surface area contributed by atoms with Crippen LogP contribution in [0.2, 0.25) is 0 Å². The average Bonchev–Trinajstić information content (AvgIpc) is 1.66. The smallest absolute Gasteiger partial charge is 0.323 e. The van der Waals surface area contributed by atoms with E-state index in [2.05, 4.69) is 4.74 Å². The minimum absolute atomic E-state index is 0.175. The second-order valence-corrected chi connectivity index (χ2v) is 1.48. The molecule has 0 rings (SSSR count). The van der Waals surface area contributed by atoms with Crippen molar-refractivity contribution in [2.75, 3.05) is 6.61 Å². The molecule has 0 aliphatic rings. The molecule has 0 atom stereocenters. The van der Waals surface area contributed by atoms with E-state index in [0.717, 1.165) is 6.42 Å². The second kappa shape index (κ2) is 4.97. The summed E-state index contributed by atoms with van der Waals surface area (Å²) in [5.41, 5.74) is 0. The van der Waals surface area contributed by atoms with Gasteiger partial charge in [-0.15, -0.1) is 0 Å². The Morgan fingerprint density at radius 3 is 2.50 bits per heavy atom. The van der Waals surface area contributed by atoms with E-state index in [1.165, 1.54) is 0 Å². The Morgan fingerprint density at radius 2 is 2.12 bits per heavy atom. The fraction of sp³-hybridized carbons (Fsp3) is 1.00. The Bertz CT molecular complexity index is 47.7. The zero-order chi connectivity index (χ0) is 6.41. The summed E-state index contributed by atoms with van der Waals surface area (Å²) in [6.45, 7) is -0.496. The van der Waals surface area contributed by atoms with Crippen molar-refractivity contribution >= 4 is 0 Å². The standard InChI is InChI=1S/C5H10F2O/c1-2-3-4-8-5(6)7/h5H,2-4H2,1H3. The van der Waals surface area contributed by atoms with Crippen LogP contribution in [0, 0.1) is 0 Å². The summed E-state index contributed by atoms with van der Waals surface area (Å²) in [5, 5.41) is 0. The van der Waals surface area contributed by atoms with Crippen LogP contribution in [0.1, 0.15) is 19.8 Å². The van der Waals surface area contributed by atoms with Gasteiger partial charge in [-0.2, -0.15) is 8.78 Å². The molecule has 0 aromatic carbocycles. The van der Waals surface area contributed by atoms with Crippen LogP contribution >= 0.6 is 0 Å². The van der Waals surface area contributed by atoms with Crippen LogP contribution in [0.4, 0.5) is 8.78 Å². The lowest BCUT2D eigenvalue weighted by Crippen LogP contribution is -1.99. The maximum absolute atomic E-state index is 11.1. The average molecular weight is 124 g/mol. The van der Waals surface area contributed by atoms with Crippen molar-refractivity contribution < 1.29 is 13.5 Å². The first-order chi connectivity index (χ1) is 3.77. The van der Waals surface area contributed by atoms with Crippen LogP contribution in [0.15, 0.2) is 0 Å². The fourth-order valence-electron chi connectivity index (χ4n) is 0.317. The highest BCUT2D eigenvalue weighted by Gasteiger charge is 1.97. The first-order valence-electron chi connectivity index (χ1n) is 2.67. The number of rotatable bonds is 4. The summed E-state index contributed by atoms with van der Waals surface area (Å²) in [5.74, 6) is 0. The first-order valence-corrected chi connectivity index (χ1v) is 2.67. The van der Waals surface area contributed by atoms with Gasteiger partial charge in [0.1, 0.15) is 0 Å². The fourth-order valence-corrected chi connectivity index (χ4v) is 0.317. The van der Waals surface area contributed by atoms with E-state index >= 15 is 0 Å². The van der Waals surface area contributed by atoms with Crippen LogP contribution in [0.5, 0.6) is 0 Å². The van der Waals surface area contributed by atoms with E-state index in [1.54, 1.807) is 0 Å². The van der Waals surface area contributed by atoms with Crippen molar-refractivity contribution in [3.05, 3.63) is 0 Å². The van der Waals surface area contributed by atoms with E-state index in [9.17, 15) is 8.78 Å². The molecule has 0 heterocycles. The predicted octanol–water partition coefficient (Wildman–Crippen LogP) is 2.03. The highest BCUT2D eigenvalue weighted by atomic mass is 19.3. The number of ether oxygens (including phenoxy) is 1. The quantitative estimate of drug-likeness (QED) is 0.521. The molecule has 0 unspecified atom stereocenters. The van der Waals surface area contributed by atoms with Crippen LogP contribution in [0.3, 0.4) is 0 Å². The van der Waals surface area contributed by atoms with E-state index < -0.39 is 6.61 Å². The minimum Gasteiger partial charge on any atom is -0.323 e. The number of unbranched alkanes of at least 4 members (excludes halogenated alkanes) is 1. The van der Waals surface area contributed by atoms with Gasteiger partial charge in [-0.1, -0.05) is 13.3 Å². The maximum Gasteiger partial charge on any atom is 0.345 e. The van der Waals surface area contributed by atoms with Gasteiger partial charge in [0.15, 0.2) is 0 Å². The molecule has 0 amide bonds. The molecule has 0 bridgehead atoms. The van der Waals surface area contributed by atoms with Gasteiger partial charge in [0.05, 0.1) is 6.61 Å². The van der Waals surface area contributed by atoms with E-state index in [0.29, 0.717) is 6.42 Å². The summed E-state index contributed by atoms with van der Waals surface area (Å²) in [6, 6.07) is 0. The lowest BCUT2D eigenvalue weighted by molar-refractivity contribution is -0.129. The molecule has 0 fully saturated rings. The number of alkyl halides is 2. The summed E-state index contributed by atoms with van der Waals surface area (Å²) in [4.78, 5) is 0. The van der Waals surface area contributed by atoms with Gasteiger partial charge >= 0.3 is 6.61 Å².